The van der Waals surface area contributed by atoms with E-state index in [-0.39, 0.29) is 0 Å². The Labute approximate surface area is 111 Å². The highest BCUT2D eigenvalue weighted by Crippen LogP contribution is 2.38. The number of benzene rings is 1. The van der Waals surface area contributed by atoms with Gasteiger partial charge in [-0.25, -0.2) is 0 Å². The van der Waals surface area contributed by atoms with E-state index in [1.54, 1.807) is 4.68 Å². The Morgan fingerprint density at radius 2 is 2.05 bits per heavy atom. The Bertz CT molecular complexity index is 600. The molecule has 3 rings (SSSR count). The summed E-state index contributed by atoms with van der Waals surface area (Å²) in [6.07, 6.45) is 0.903. The monoisotopic (exact) mass is 259 g/mol. The van der Waals surface area contributed by atoms with E-state index < -0.39 is 0 Å². The van der Waals surface area contributed by atoms with Crippen LogP contribution in [-0.2, 0) is 7.05 Å². The Hall–Kier alpha value is -2.17. The number of anilines is 1. The van der Waals surface area contributed by atoms with Crippen LogP contribution in [0.15, 0.2) is 18.2 Å². The summed E-state index contributed by atoms with van der Waals surface area (Å²) in [4.78, 5) is 0. The predicted octanol–water partition coefficient (Wildman–Crippen LogP) is 2.14. The number of nitrogen functional groups attached to an aromatic ring is 1. The van der Waals surface area contributed by atoms with Crippen LogP contribution in [0.5, 0.6) is 11.5 Å². The lowest BCUT2D eigenvalue weighted by atomic mass is 10.0. The van der Waals surface area contributed by atoms with Crippen LogP contribution < -0.4 is 15.2 Å². The first-order chi connectivity index (χ1) is 9.16. The third kappa shape index (κ3) is 2.01. The zero-order valence-electron chi connectivity index (χ0n) is 11.1. The molecule has 2 heterocycles. The SMILES string of the molecule is Cc1c(-c2cc(N)n(C)n2)ccc2c1OCCCO2. The first-order valence-corrected chi connectivity index (χ1v) is 6.36. The molecular formula is C14H17N3O2. The fourth-order valence-corrected chi connectivity index (χ4v) is 2.27. The average Bonchev–Trinajstić information content (AvgIpc) is 2.62. The van der Waals surface area contributed by atoms with Crippen molar-refractivity contribution in [2.45, 2.75) is 13.3 Å². The van der Waals surface area contributed by atoms with Gasteiger partial charge < -0.3 is 15.2 Å². The van der Waals surface area contributed by atoms with Crippen molar-refractivity contribution in [1.82, 2.24) is 9.78 Å². The second kappa shape index (κ2) is 4.50. The number of aromatic nitrogens is 2. The summed E-state index contributed by atoms with van der Waals surface area (Å²) >= 11 is 0. The maximum absolute atomic E-state index is 5.84. The van der Waals surface area contributed by atoms with Crippen molar-refractivity contribution in [2.75, 3.05) is 18.9 Å². The molecule has 0 saturated carbocycles. The summed E-state index contributed by atoms with van der Waals surface area (Å²) in [6.45, 7) is 3.40. The van der Waals surface area contributed by atoms with Crippen LogP contribution in [-0.4, -0.2) is 23.0 Å². The number of rotatable bonds is 1. The van der Waals surface area contributed by atoms with Crippen molar-refractivity contribution in [1.29, 1.82) is 0 Å². The number of aryl methyl sites for hydroxylation is 1. The van der Waals surface area contributed by atoms with Gasteiger partial charge in [-0.05, 0) is 19.1 Å². The van der Waals surface area contributed by atoms with Crippen LogP contribution in [0.3, 0.4) is 0 Å². The van der Waals surface area contributed by atoms with E-state index in [0.29, 0.717) is 19.0 Å². The van der Waals surface area contributed by atoms with Crippen molar-refractivity contribution in [3.05, 3.63) is 23.8 Å². The van der Waals surface area contributed by atoms with Crippen molar-refractivity contribution in [3.63, 3.8) is 0 Å². The zero-order valence-corrected chi connectivity index (χ0v) is 11.1. The van der Waals surface area contributed by atoms with E-state index in [2.05, 4.69) is 5.10 Å². The second-order valence-corrected chi connectivity index (χ2v) is 4.69. The zero-order chi connectivity index (χ0) is 13.4. The third-order valence-electron chi connectivity index (χ3n) is 3.35. The van der Waals surface area contributed by atoms with Crippen LogP contribution in [0.1, 0.15) is 12.0 Å². The van der Waals surface area contributed by atoms with Crippen molar-refractivity contribution in [3.8, 4) is 22.8 Å². The van der Waals surface area contributed by atoms with Gasteiger partial charge in [-0.3, -0.25) is 4.68 Å². The topological polar surface area (TPSA) is 62.3 Å². The molecule has 0 bridgehead atoms. The van der Waals surface area contributed by atoms with Gasteiger partial charge in [-0.2, -0.15) is 5.10 Å². The fraction of sp³-hybridized carbons (Fsp3) is 0.357. The lowest BCUT2D eigenvalue weighted by Gasteiger charge is -2.12. The van der Waals surface area contributed by atoms with Gasteiger partial charge in [0.1, 0.15) is 5.82 Å². The first-order valence-electron chi connectivity index (χ1n) is 6.36. The molecule has 0 saturated heterocycles. The molecule has 2 N–H and O–H groups in total. The number of nitrogens with zero attached hydrogens (tertiary/aromatic N) is 2. The Morgan fingerprint density at radius 3 is 2.79 bits per heavy atom. The van der Waals surface area contributed by atoms with E-state index in [4.69, 9.17) is 15.2 Å². The number of hydrogen-bond acceptors (Lipinski definition) is 4. The highest BCUT2D eigenvalue weighted by molar-refractivity contribution is 5.71. The average molecular weight is 259 g/mol. The minimum Gasteiger partial charge on any atom is -0.490 e. The summed E-state index contributed by atoms with van der Waals surface area (Å²) in [5.74, 6) is 2.27. The molecule has 1 aliphatic rings. The summed E-state index contributed by atoms with van der Waals surface area (Å²) < 4.78 is 13.1. The van der Waals surface area contributed by atoms with Crippen LogP contribution in [0.2, 0.25) is 0 Å². The third-order valence-corrected chi connectivity index (χ3v) is 3.35. The highest BCUT2D eigenvalue weighted by atomic mass is 16.5. The quantitative estimate of drug-likeness (QED) is 0.852. The second-order valence-electron chi connectivity index (χ2n) is 4.69. The molecule has 0 atom stereocenters. The minimum atomic E-state index is 0.640. The van der Waals surface area contributed by atoms with Gasteiger partial charge in [0.05, 0.1) is 18.9 Å². The van der Waals surface area contributed by atoms with Crippen LogP contribution in [0.25, 0.3) is 11.3 Å². The van der Waals surface area contributed by atoms with E-state index in [1.165, 1.54) is 0 Å². The van der Waals surface area contributed by atoms with Gasteiger partial charge in [0.2, 0.25) is 0 Å². The van der Waals surface area contributed by atoms with Crippen molar-refractivity contribution in [2.24, 2.45) is 7.05 Å². The molecule has 1 aromatic heterocycles. The van der Waals surface area contributed by atoms with Crippen molar-refractivity contribution >= 4 is 5.82 Å². The Balaban J connectivity index is 2.10. The van der Waals surface area contributed by atoms with E-state index in [0.717, 1.165) is 34.7 Å². The molecule has 5 nitrogen and oxygen atoms in total. The predicted molar refractivity (Wildman–Crippen MR) is 73.4 cm³/mol. The summed E-state index contributed by atoms with van der Waals surface area (Å²) in [5, 5.41) is 4.41. The lowest BCUT2D eigenvalue weighted by molar-refractivity contribution is 0.296. The molecular weight excluding hydrogens is 242 g/mol. The maximum Gasteiger partial charge on any atom is 0.164 e. The van der Waals surface area contributed by atoms with E-state index >= 15 is 0 Å². The molecule has 100 valence electrons. The van der Waals surface area contributed by atoms with Crippen molar-refractivity contribution < 1.29 is 9.47 Å². The number of fused-ring (bicyclic) bond motifs is 1. The molecule has 0 spiro atoms. The lowest BCUT2D eigenvalue weighted by Crippen LogP contribution is -1.98. The molecule has 5 heteroatoms. The molecule has 1 aromatic carbocycles. The van der Waals surface area contributed by atoms with Gasteiger partial charge in [0.25, 0.3) is 0 Å². The van der Waals surface area contributed by atoms with Gasteiger partial charge in [0.15, 0.2) is 11.5 Å². The van der Waals surface area contributed by atoms with Crippen LogP contribution in [0.4, 0.5) is 5.82 Å². The number of hydrogen-bond donors (Lipinski definition) is 1. The van der Waals surface area contributed by atoms with Crippen LogP contribution >= 0.6 is 0 Å². The van der Waals surface area contributed by atoms with Crippen LogP contribution in [0, 0.1) is 6.92 Å². The van der Waals surface area contributed by atoms with Gasteiger partial charge in [0, 0.05) is 30.7 Å². The standard InChI is InChI=1S/C14H17N3O2/c1-9-10(11-8-13(15)17(2)16-11)4-5-12-14(9)19-7-3-6-18-12/h4-5,8H,3,6-7,15H2,1-2H3. The summed E-state index contributed by atoms with van der Waals surface area (Å²) in [6, 6.07) is 5.81. The molecule has 0 aliphatic carbocycles. The Morgan fingerprint density at radius 1 is 1.26 bits per heavy atom. The summed E-state index contributed by atoms with van der Waals surface area (Å²) in [7, 11) is 1.83. The highest BCUT2D eigenvalue weighted by Gasteiger charge is 2.17. The number of nitrogens with two attached hydrogens (primary N) is 1. The van der Waals surface area contributed by atoms with Gasteiger partial charge in [-0.15, -0.1) is 0 Å². The molecule has 0 fully saturated rings. The molecule has 0 unspecified atom stereocenters. The molecule has 0 radical (unpaired) electrons. The van der Waals surface area contributed by atoms with E-state index in [1.807, 2.05) is 32.2 Å². The normalized spacial score (nSPS) is 14.2. The van der Waals surface area contributed by atoms with Gasteiger partial charge in [-0.1, -0.05) is 0 Å². The summed E-state index contributed by atoms with van der Waals surface area (Å²) in [5.41, 5.74) is 8.75. The number of ether oxygens (including phenoxy) is 2. The maximum atomic E-state index is 5.84. The molecule has 0 amide bonds. The Kier molecular flexibility index (Phi) is 2.81. The molecule has 19 heavy (non-hydrogen) atoms. The molecule has 1 aliphatic heterocycles. The van der Waals surface area contributed by atoms with Gasteiger partial charge >= 0.3 is 0 Å². The van der Waals surface area contributed by atoms with E-state index in [9.17, 15) is 0 Å². The fourth-order valence-electron chi connectivity index (χ4n) is 2.27. The smallest absolute Gasteiger partial charge is 0.164 e. The first kappa shape index (κ1) is 11.9. The minimum absolute atomic E-state index is 0.640. The largest absolute Gasteiger partial charge is 0.490 e. The molecule has 2 aromatic rings.